The van der Waals surface area contributed by atoms with Gasteiger partial charge in [-0.1, -0.05) is 0 Å². The molecule has 0 aliphatic heterocycles. The molecule has 11 heavy (non-hydrogen) atoms. The fraction of sp³-hybridized carbons (Fsp3) is 0.875. The first-order valence-electron chi connectivity index (χ1n) is 4.18. The number of nitrogens with one attached hydrogen (secondary N) is 1. The first-order chi connectivity index (χ1) is 5.33. The molecule has 1 rings (SSSR count). The smallest absolute Gasteiger partial charge is 0.207 e. The molecule has 0 aromatic rings. The van der Waals surface area contributed by atoms with Gasteiger partial charge in [-0.15, -0.1) is 0 Å². The van der Waals surface area contributed by atoms with Gasteiger partial charge >= 0.3 is 0 Å². The summed E-state index contributed by atoms with van der Waals surface area (Å²) < 4.78 is 0. The van der Waals surface area contributed by atoms with Gasteiger partial charge in [0, 0.05) is 6.54 Å². The summed E-state index contributed by atoms with van der Waals surface area (Å²) in [6, 6.07) is 0. The molecule has 1 aliphatic carbocycles. The molecule has 3 nitrogen and oxygen atoms in total. The van der Waals surface area contributed by atoms with Crippen molar-refractivity contribution in [3.8, 4) is 0 Å². The Morgan fingerprint density at radius 1 is 1.36 bits per heavy atom. The molecule has 1 fully saturated rings. The van der Waals surface area contributed by atoms with Crippen molar-refractivity contribution in [2.75, 3.05) is 6.54 Å². The number of rotatable bonds is 3. The van der Waals surface area contributed by atoms with Crippen molar-refractivity contribution in [2.24, 2.45) is 5.92 Å². The zero-order chi connectivity index (χ0) is 8.10. The molecule has 0 heterocycles. The van der Waals surface area contributed by atoms with E-state index < -0.39 is 0 Å². The number of amides is 1. The molecule has 1 amide bonds. The minimum atomic E-state index is -0.0949. The van der Waals surface area contributed by atoms with Crippen molar-refractivity contribution in [3.63, 3.8) is 0 Å². The Bertz CT molecular complexity index is 119. The first-order valence-corrected chi connectivity index (χ1v) is 4.18. The highest BCUT2D eigenvalue weighted by Gasteiger charge is 2.18. The van der Waals surface area contributed by atoms with Crippen LogP contribution in [-0.2, 0) is 4.79 Å². The van der Waals surface area contributed by atoms with Crippen molar-refractivity contribution in [3.05, 3.63) is 0 Å². The van der Waals surface area contributed by atoms with Crippen LogP contribution in [0.15, 0.2) is 0 Å². The summed E-state index contributed by atoms with van der Waals surface area (Å²) in [5.74, 6) is 0.587. The van der Waals surface area contributed by atoms with E-state index in [9.17, 15) is 4.79 Å². The second-order valence-electron chi connectivity index (χ2n) is 3.20. The van der Waals surface area contributed by atoms with E-state index in [0.717, 1.165) is 38.6 Å². The van der Waals surface area contributed by atoms with Gasteiger partial charge in [-0.2, -0.15) is 0 Å². The quantitative estimate of drug-likeness (QED) is 0.578. The van der Waals surface area contributed by atoms with Crippen molar-refractivity contribution in [1.29, 1.82) is 0 Å². The molecule has 0 atom stereocenters. The van der Waals surface area contributed by atoms with Crippen LogP contribution in [0.25, 0.3) is 0 Å². The summed E-state index contributed by atoms with van der Waals surface area (Å²) in [4.78, 5) is 9.95. The zero-order valence-electron chi connectivity index (χ0n) is 6.62. The maximum absolute atomic E-state index is 9.95. The third kappa shape index (κ3) is 2.89. The van der Waals surface area contributed by atoms with Crippen molar-refractivity contribution in [1.82, 2.24) is 5.32 Å². The number of aliphatic hydroxyl groups excluding tert-OH is 1. The molecular weight excluding hydrogens is 142 g/mol. The number of hydrogen-bond acceptors (Lipinski definition) is 2. The lowest BCUT2D eigenvalue weighted by atomic mass is 9.87. The Morgan fingerprint density at radius 2 is 2.00 bits per heavy atom. The van der Waals surface area contributed by atoms with Gasteiger partial charge in [0.2, 0.25) is 6.41 Å². The highest BCUT2D eigenvalue weighted by molar-refractivity contribution is 5.45. The lowest BCUT2D eigenvalue weighted by molar-refractivity contribution is -0.109. The number of carbonyl (C=O) groups is 1. The van der Waals surface area contributed by atoms with Gasteiger partial charge < -0.3 is 10.4 Å². The Morgan fingerprint density at radius 3 is 2.55 bits per heavy atom. The minimum Gasteiger partial charge on any atom is -0.393 e. The molecule has 0 aromatic heterocycles. The Kier molecular flexibility index (Phi) is 3.36. The third-order valence-corrected chi connectivity index (χ3v) is 2.31. The van der Waals surface area contributed by atoms with Crippen LogP contribution in [0.1, 0.15) is 25.7 Å². The largest absolute Gasteiger partial charge is 0.393 e. The fourth-order valence-corrected chi connectivity index (χ4v) is 1.56. The molecule has 2 N–H and O–H groups in total. The van der Waals surface area contributed by atoms with Gasteiger partial charge in [0.15, 0.2) is 0 Å². The second kappa shape index (κ2) is 4.34. The molecule has 0 aromatic carbocycles. The summed E-state index contributed by atoms with van der Waals surface area (Å²) in [5, 5.41) is 11.8. The SMILES string of the molecule is O=CNCC1CCC(O)CC1. The third-order valence-electron chi connectivity index (χ3n) is 2.31. The Labute approximate surface area is 66.8 Å². The Balaban J connectivity index is 2.12. The van der Waals surface area contributed by atoms with Crippen molar-refractivity contribution in [2.45, 2.75) is 31.8 Å². The molecule has 1 aliphatic rings. The van der Waals surface area contributed by atoms with Crippen LogP contribution in [0.2, 0.25) is 0 Å². The van der Waals surface area contributed by atoms with E-state index in [-0.39, 0.29) is 6.10 Å². The fourth-order valence-electron chi connectivity index (χ4n) is 1.56. The highest BCUT2D eigenvalue weighted by atomic mass is 16.3. The molecule has 64 valence electrons. The molecule has 1 saturated carbocycles. The molecule has 3 heteroatoms. The lowest BCUT2D eigenvalue weighted by Gasteiger charge is -2.24. The number of aliphatic hydroxyl groups is 1. The van der Waals surface area contributed by atoms with E-state index in [2.05, 4.69) is 5.32 Å². The number of carbonyl (C=O) groups excluding carboxylic acids is 1. The summed E-state index contributed by atoms with van der Waals surface area (Å²) in [5.41, 5.74) is 0. The highest BCUT2D eigenvalue weighted by Crippen LogP contribution is 2.23. The molecule has 0 bridgehead atoms. The maximum atomic E-state index is 9.95. The van der Waals surface area contributed by atoms with Gasteiger partial charge in [-0.3, -0.25) is 4.79 Å². The summed E-state index contributed by atoms with van der Waals surface area (Å²) >= 11 is 0. The molecular formula is C8H15NO2. The molecule has 0 spiro atoms. The number of hydrogen-bond donors (Lipinski definition) is 2. The van der Waals surface area contributed by atoms with Crippen LogP contribution in [0.5, 0.6) is 0 Å². The van der Waals surface area contributed by atoms with Crippen LogP contribution < -0.4 is 5.32 Å². The second-order valence-corrected chi connectivity index (χ2v) is 3.20. The van der Waals surface area contributed by atoms with Crippen LogP contribution in [-0.4, -0.2) is 24.2 Å². The van der Waals surface area contributed by atoms with Crippen molar-refractivity contribution < 1.29 is 9.90 Å². The predicted octanol–water partition coefficient (Wildman–Crippen LogP) is 0.283. The standard InChI is InChI=1S/C8H15NO2/c10-6-9-5-7-1-3-8(11)4-2-7/h6-8,11H,1-5H2,(H,9,10). The molecule has 0 saturated heterocycles. The van der Waals surface area contributed by atoms with E-state index in [1.54, 1.807) is 0 Å². The van der Waals surface area contributed by atoms with Gasteiger partial charge in [-0.05, 0) is 31.6 Å². The van der Waals surface area contributed by atoms with Crippen LogP contribution in [0, 0.1) is 5.92 Å². The van der Waals surface area contributed by atoms with E-state index in [1.165, 1.54) is 0 Å². The average Bonchev–Trinajstić information content (AvgIpc) is 2.04. The topological polar surface area (TPSA) is 49.3 Å². The summed E-state index contributed by atoms with van der Waals surface area (Å²) in [6.07, 6.45) is 4.52. The normalized spacial score (nSPS) is 31.4. The first kappa shape index (κ1) is 8.53. The maximum Gasteiger partial charge on any atom is 0.207 e. The van der Waals surface area contributed by atoms with Crippen molar-refractivity contribution >= 4 is 6.41 Å². The molecule has 0 unspecified atom stereocenters. The monoisotopic (exact) mass is 157 g/mol. The average molecular weight is 157 g/mol. The van der Waals surface area contributed by atoms with E-state index in [0.29, 0.717) is 5.92 Å². The Hall–Kier alpha value is -0.570. The summed E-state index contributed by atoms with van der Waals surface area (Å²) in [7, 11) is 0. The van der Waals surface area contributed by atoms with Gasteiger partial charge in [-0.25, -0.2) is 0 Å². The minimum absolute atomic E-state index is 0.0949. The van der Waals surface area contributed by atoms with E-state index in [1.807, 2.05) is 0 Å². The summed E-state index contributed by atoms with van der Waals surface area (Å²) in [6.45, 7) is 0.774. The van der Waals surface area contributed by atoms with Gasteiger partial charge in [0.25, 0.3) is 0 Å². The van der Waals surface area contributed by atoms with Crippen LogP contribution in [0.4, 0.5) is 0 Å². The zero-order valence-corrected chi connectivity index (χ0v) is 6.62. The molecule has 0 radical (unpaired) electrons. The van der Waals surface area contributed by atoms with Crippen LogP contribution >= 0.6 is 0 Å². The van der Waals surface area contributed by atoms with E-state index >= 15 is 0 Å². The van der Waals surface area contributed by atoms with E-state index in [4.69, 9.17) is 5.11 Å². The van der Waals surface area contributed by atoms with Gasteiger partial charge in [0.1, 0.15) is 0 Å². The lowest BCUT2D eigenvalue weighted by Crippen LogP contribution is -2.27. The van der Waals surface area contributed by atoms with Gasteiger partial charge in [0.05, 0.1) is 6.10 Å². The van der Waals surface area contributed by atoms with Crippen LogP contribution in [0.3, 0.4) is 0 Å². The predicted molar refractivity (Wildman–Crippen MR) is 42.0 cm³/mol.